The maximum absolute atomic E-state index is 13.2. The Bertz CT molecular complexity index is 331. The predicted molar refractivity (Wildman–Crippen MR) is 50.9 cm³/mol. The van der Waals surface area contributed by atoms with E-state index in [4.69, 9.17) is 0 Å². The van der Waals surface area contributed by atoms with Crippen LogP contribution in [0.5, 0.6) is 0 Å². The normalized spacial score (nSPS) is 12.6. The molecule has 13 heavy (non-hydrogen) atoms. The molecule has 0 radical (unpaired) electrons. The van der Waals surface area contributed by atoms with E-state index in [0.717, 1.165) is 5.56 Å². The highest BCUT2D eigenvalue weighted by Crippen LogP contribution is 2.23. The molecule has 1 unspecified atom stereocenters. The molecule has 0 amide bonds. The zero-order chi connectivity index (χ0) is 10.0. The van der Waals surface area contributed by atoms with Gasteiger partial charge in [0.05, 0.1) is 0 Å². The van der Waals surface area contributed by atoms with Gasteiger partial charge in [0.2, 0.25) is 0 Å². The van der Waals surface area contributed by atoms with Crippen LogP contribution in [0.25, 0.3) is 0 Å². The average Bonchev–Trinajstić information content (AvgIpc) is 2.08. The van der Waals surface area contributed by atoms with E-state index in [2.05, 4.69) is 6.58 Å². The largest absolute Gasteiger partial charge is 0.384 e. The number of benzene rings is 1. The van der Waals surface area contributed by atoms with Gasteiger partial charge in [-0.2, -0.15) is 0 Å². The molecule has 1 nitrogen and oxygen atoms in total. The maximum Gasteiger partial charge on any atom is 0.129 e. The first-order valence-corrected chi connectivity index (χ1v) is 4.12. The molecule has 1 rings (SSSR count). The molecule has 0 saturated carbocycles. The summed E-state index contributed by atoms with van der Waals surface area (Å²) in [6.45, 7) is 7.11. The molecule has 0 bridgehead atoms. The van der Waals surface area contributed by atoms with E-state index < -0.39 is 6.10 Å². The highest BCUT2D eigenvalue weighted by Gasteiger charge is 2.12. The summed E-state index contributed by atoms with van der Waals surface area (Å²) in [5, 5.41) is 9.56. The Morgan fingerprint density at radius 1 is 1.54 bits per heavy atom. The van der Waals surface area contributed by atoms with Crippen molar-refractivity contribution in [2.45, 2.75) is 20.0 Å². The quantitative estimate of drug-likeness (QED) is 0.694. The number of aryl methyl sites for hydroxylation is 1. The van der Waals surface area contributed by atoms with Gasteiger partial charge in [-0.15, -0.1) is 0 Å². The molecule has 0 spiro atoms. The van der Waals surface area contributed by atoms with Gasteiger partial charge in [0, 0.05) is 5.56 Å². The molecule has 1 N–H and O–H groups in total. The maximum atomic E-state index is 13.2. The summed E-state index contributed by atoms with van der Waals surface area (Å²) in [6.07, 6.45) is -0.903. The predicted octanol–water partition coefficient (Wildman–Crippen LogP) is 2.74. The van der Waals surface area contributed by atoms with Crippen molar-refractivity contribution in [3.63, 3.8) is 0 Å². The highest BCUT2D eigenvalue weighted by atomic mass is 19.1. The van der Waals surface area contributed by atoms with Crippen LogP contribution in [-0.2, 0) is 0 Å². The molecule has 0 aromatic heterocycles. The van der Waals surface area contributed by atoms with Gasteiger partial charge in [0.1, 0.15) is 11.9 Å². The third-order valence-corrected chi connectivity index (χ3v) is 1.91. The fraction of sp³-hybridized carbons (Fsp3) is 0.273. The van der Waals surface area contributed by atoms with Crippen molar-refractivity contribution in [1.82, 2.24) is 0 Å². The summed E-state index contributed by atoms with van der Waals surface area (Å²) in [6, 6.07) is 4.66. The number of hydrogen-bond acceptors (Lipinski definition) is 1. The van der Waals surface area contributed by atoms with E-state index >= 15 is 0 Å². The lowest BCUT2D eigenvalue weighted by Gasteiger charge is -2.11. The molecule has 0 saturated heterocycles. The molecule has 0 fully saturated rings. The third-order valence-electron chi connectivity index (χ3n) is 1.91. The smallest absolute Gasteiger partial charge is 0.129 e. The standard InChI is InChI=1S/C11H13FO/c1-7(2)11(13)9-6-8(3)4-5-10(9)12/h4-6,11,13H,1H2,2-3H3. The molecule has 70 valence electrons. The Hall–Kier alpha value is -1.15. The van der Waals surface area contributed by atoms with Gasteiger partial charge in [-0.05, 0) is 25.5 Å². The zero-order valence-electron chi connectivity index (χ0n) is 7.84. The van der Waals surface area contributed by atoms with Gasteiger partial charge in [-0.1, -0.05) is 24.3 Å². The van der Waals surface area contributed by atoms with Crippen LogP contribution in [0.1, 0.15) is 24.2 Å². The first-order chi connectivity index (χ1) is 6.02. The summed E-state index contributed by atoms with van der Waals surface area (Å²) in [5.74, 6) is -0.388. The van der Waals surface area contributed by atoms with E-state index in [0.29, 0.717) is 11.1 Å². The molecule has 0 aliphatic carbocycles. The van der Waals surface area contributed by atoms with E-state index in [9.17, 15) is 9.50 Å². The number of aliphatic hydroxyl groups excluding tert-OH is 1. The summed E-state index contributed by atoms with van der Waals surface area (Å²) in [7, 11) is 0. The van der Waals surface area contributed by atoms with E-state index in [-0.39, 0.29) is 5.82 Å². The first kappa shape index (κ1) is 9.93. The van der Waals surface area contributed by atoms with Crippen LogP contribution >= 0.6 is 0 Å². The molecule has 1 atom stereocenters. The number of rotatable bonds is 2. The van der Waals surface area contributed by atoms with Gasteiger partial charge in [0.15, 0.2) is 0 Å². The first-order valence-electron chi connectivity index (χ1n) is 4.12. The second kappa shape index (κ2) is 3.71. The van der Waals surface area contributed by atoms with Crippen LogP contribution in [0.4, 0.5) is 4.39 Å². The SMILES string of the molecule is C=C(C)C(O)c1cc(C)ccc1F. The van der Waals surface area contributed by atoms with Crippen LogP contribution in [-0.4, -0.2) is 5.11 Å². The monoisotopic (exact) mass is 180 g/mol. The minimum absolute atomic E-state index is 0.299. The topological polar surface area (TPSA) is 20.2 Å². The van der Waals surface area contributed by atoms with Crippen LogP contribution in [0.3, 0.4) is 0 Å². The second-order valence-corrected chi connectivity index (χ2v) is 3.27. The van der Waals surface area contributed by atoms with Crippen molar-refractivity contribution < 1.29 is 9.50 Å². The Morgan fingerprint density at radius 2 is 2.15 bits per heavy atom. The van der Waals surface area contributed by atoms with Gasteiger partial charge < -0.3 is 5.11 Å². The van der Waals surface area contributed by atoms with Gasteiger partial charge in [-0.25, -0.2) is 4.39 Å². The average molecular weight is 180 g/mol. The van der Waals surface area contributed by atoms with Gasteiger partial charge >= 0.3 is 0 Å². The number of hydrogen-bond donors (Lipinski definition) is 1. The molecule has 0 aliphatic heterocycles. The Morgan fingerprint density at radius 3 is 2.69 bits per heavy atom. The Kier molecular flexibility index (Phi) is 2.83. The van der Waals surface area contributed by atoms with Crippen LogP contribution in [0, 0.1) is 12.7 Å². The zero-order valence-corrected chi connectivity index (χ0v) is 7.84. The van der Waals surface area contributed by atoms with Crippen molar-refractivity contribution >= 4 is 0 Å². The molecule has 0 aliphatic rings. The number of aliphatic hydroxyl groups is 1. The van der Waals surface area contributed by atoms with E-state index in [1.165, 1.54) is 6.07 Å². The fourth-order valence-electron chi connectivity index (χ4n) is 1.14. The molecule has 0 heterocycles. The van der Waals surface area contributed by atoms with E-state index in [1.807, 2.05) is 6.92 Å². The van der Waals surface area contributed by atoms with E-state index in [1.54, 1.807) is 19.1 Å². The van der Waals surface area contributed by atoms with Crippen molar-refractivity contribution in [1.29, 1.82) is 0 Å². The molecule has 1 aromatic rings. The Labute approximate surface area is 77.5 Å². The molecular formula is C11H13FO. The van der Waals surface area contributed by atoms with Gasteiger partial charge in [0.25, 0.3) is 0 Å². The Balaban J connectivity index is 3.12. The lowest BCUT2D eigenvalue weighted by molar-refractivity contribution is 0.211. The summed E-state index contributed by atoms with van der Waals surface area (Å²) in [5.41, 5.74) is 1.77. The second-order valence-electron chi connectivity index (χ2n) is 3.27. The minimum atomic E-state index is -0.903. The summed E-state index contributed by atoms with van der Waals surface area (Å²) >= 11 is 0. The lowest BCUT2D eigenvalue weighted by Crippen LogP contribution is -2.01. The minimum Gasteiger partial charge on any atom is -0.384 e. The van der Waals surface area contributed by atoms with Crippen molar-refractivity contribution in [3.05, 3.63) is 47.3 Å². The van der Waals surface area contributed by atoms with Crippen LogP contribution < -0.4 is 0 Å². The van der Waals surface area contributed by atoms with Crippen LogP contribution in [0.15, 0.2) is 30.4 Å². The fourth-order valence-corrected chi connectivity index (χ4v) is 1.14. The molecular weight excluding hydrogens is 167 g/mol. The van der Waals surface area contributed by atoms with Crippen molar-refractivity contribution in [2.24, 2.45) is 0 Å². The molecule has 1 aromatic carbocycles. The summed E-state index contributed by atoms with van der Waals surface area (Å²) in [4.78, 5) is 0. The highest BCUT2D eigenvalue weighted by molar-refractivity contribution is 5.29. The molecule has 2 heteroatoms. The summed E-state index contributed by atoms with van der Waals surface area (Å²) < 4.78 is 13.2. The van der Waals surface area contributed by atoms with Gasteiger partial charge in [-0.3, -0.25) is 0 Å². The van der Waals surface area contributed by atoms with Crippen LogP contribution in [0.2, 0.25) is 0 Å². The van der Waals surface area contributed by atoms with Crippen molar-refractivity contribution in [3.8, 4) is 0 Å². The van der Waals surface area contributed by atoms with Crippen molar-refractivity contribution in [2.75, 3.05) is 0 Å². The lowest BCUT2D eigenvalue weighted by atomic mass is 10.0. The third kappa shape index (κ3) is 2.16. The number of halogens is 1.